The van der Waals surface area contributed by atoms with Crippen molar-refractivity contribution in [3.05, 3.63) is 53.6 Å². The molecule has 0 radical (unpaired) electrons. The summed E-state index contributed by atoms with van der Waals surface area (Å²) in [5, 5.41) is 7.08. The van der Waals surface area contributed by atoms with Gasteiger partial charge in [-0.2, -0.15) is 0 Å². The first-order valence-electron chi connectivity index (χ1n) is 8.81. The van der Waals surface area contributed by atoms with Gasteiger partial charge in [0, 0.05) is 35.8 Å². The normalized spacial score (nSPS) is 18.3. The number of carbonyl (C=O) groups is 2. The van der Waals surface area contributed by atoms with E-state index in [0.29, 0.717) is 0 Å². The van der Waals surface area contributed by atoms with Gasteiger partial charge in [0.2, 0.25) is 5.91 Å². The molecule has 1 saturated heterocycles. The van der Waals surface area contributed by atoms with E-state index >= 15 is 0 Å². The van der Waals surface area contributed by atoms with Crippen molar-refractivity contribution >= 4 is 17.6 Å². The highest BCUT2D eigenvalue weighted by Crippen LogP contribution is 2.31. The van der Waals surface area contributed by atoms with Crippen LogP contribution in [-0.2, 0) is 4.79 Å². The molecule has 166 valence electrons. The molecule has 3 rings (SSSR count). The number of anilines is 1. The molecule has 0 aromatic heterocycles. The smallest absolute Gasteiger partial charge is 0.497 e. The summed E-state index contributed by atoms with van der Waals surface area (Å²) < 4.78 is 73.9. The third-order valence-electron chi connectivity index (χ3n) is 4.47. The van der Waals surface area contributed by atoms with Crippen LogP contribution < -0.4 is 25.4 Å². The summed E-state index contributed by atoms with van der Waals surface area (Å²) in [6.45, 7) is -0.118. The number of urea groups is 1. The molecule has 7 nitrogen and oxygen atoms in total. The van der Waals surface area contributed by atoms with Gasteiger partial charge in [0.05, 0.1) is 7.11 Å². The summed E-state index contributed by atoms with van der Waals surface area (Å²) in [6.07, 6.45) is -4.86. The molecule has 2 unspecified atom stereocenters. The van der Waals surface area contributed by atoms with Gasteiger partial charge < -0.3 is 25.4 Å². The molecule has 1 heterocycles. The Labute approximate surface area is 172 Å². The molecule has 0 saturated carbocycles. The molecule has 12 heteroatoms. The SMILES string of the molecule is COc1cc(F)c(C2CNC(=O)C2NC(=O)Nc2ccc(OC(F)(F)F)cc2)c(F)c1. The van der Waals surface area contributed by atoms with E-state index in [4.69, 9.17) is 4.74 Å². The standard InChI is InChI=1S/C19H16F5N3O4/c1-30-11-6-13(20)15(14(21)7-11)12-8-25-17(28)16(12)27-18(29)26-9-2-4-10(5-3-9)31-19(22,23)24/h2-7,12,16H,8H2,1H3,(H,25,28)(H2,26,27,29). The Morgan fingerprint density at radius 1 is 1.10 bits per heavy atom. The van der Waals surface area contributed by atoms with Gasteiger partial charge >= 0.3 is 12.4 Å². The molecule has 3 amide bonds. The van der Waals surface area contributed by atoms with E-state index in [1.54, 1.807) is 0 Å². The number of alkyl halides is 3. The number of ether oxygens (including phenoxy) is 2. The Hall–Kier alpha value is -3.57. The molecule has 2 aromatic carbocycles. The lowest BCUT2D eigenvalue weighted by atomic mass is 9.93. The van der Waals surface area contributed by atoms with Crippen molar-refractivity contribution in [2.75, 3.05) is 19.0 Å². The Morgan fingerprint density at radius 3 is 2.26 bits per heavy atom. The fourth-order valence-electron chi connectivity index (χ4n) is 3.14. The van der Waals surface area contributed by atoms with Crippen LogP contribution in [0.4, 0.5) is 32.4 Å². The van der Waals surface area contributed by atoms with E-state index in [0.717, 1.165) is 36.4 Å². The lowest BCUT2D eigenvalue weighted by Crippen LogP contribution is -2.45. The second kappa shape index (κ2) is 8.66. The van der Waals surface area contributed by atoms with Crippen molar-refractivity contribution in [1.29, 1.82) is 0 Å². The van der Waals surface area contributed by atoms with Crippen LogP contribution in [-0.4, -0.2) is 38.0 Å². The van der Waals surface area contributed by atoms with E-state index in [9.17, 15) is 31.5 Å². The van der Waals surface area contributed by atoms with Gasteiger partial charge in [-0.25, -0.2) is 13.6 Å². The topological polar surface area (TPSA) is 88.7 Å². The second-order valence-electron chi connectivity index (χ2n) is 6.50. The molecule has 0 aliphatic carbocycles. The zero-order chi connectivity index (χ0) is 22.8. The van der Waals surface area contributed by atoms with Crippen molar-refractivity contribution in [3.8, 4) is 11.5 Å². The van der Waals surface area contributed by atoms with Crippen molar-refractivity contribution in [3.63, 3.8) is 0 Å². The molecule has 1 aliphatic heterocycles. The Balaban J connectivity index is 1.71. The Kier molecular flexibility index (Phi) is 6.18. The molecule has 1 aliphatic rings. The number of nitrogens with one attached hydrogen (secondary N) is 3. The van der Waals surface area contributed by atoms with Crippen molar-refractivity contribution in [2.24, 2.45) is 0 Å². The average Bonchev–Trinajstić information content (AvgIpc) is 3.02. The fraction of sp³-hybridized carbons (Fsp3) is 0.263. The van der Waals surface area contributed by atoms with Crippen LogP contribution in [0, 0.1) is 11.6 Å². The van der Waals surface area contributed by atoms with E-state index in [2.05, 4.69) is 20.7 Å². The van der Waals surface area contributed by atoms with Crippen LogP contribution in [0.1, 0.15) is 11.5 Å². The highest BCUT2D eigenvalue weighted by molar-refractivity contribution is 5.95. The van der Waals surface area contributed by atoms with Gasteiger partial charge in [-0.3, -0.25) is 4.79 Å². The minimum Gasteiger partial charge on any atom is -0.497 e. The molecule has 0 spiro atoms. The summed E-state index contributed by atoms with van der Waals surface area (Å²) in [4.78, 5) is 24.4. The minimum atomic E-state index is -4.86. The van der Waals surface area contributed by atoms with Gasteiger partial charge in [-0.15, -0.1) is 13.2 Å². The lowest BCUT2D eigenvalue weighted by molar-refractivity contribution is -0.274. The number of hydrogen-bond acceptors (Lipinski definition) is 4. The average molecular weight is 445 g/mol. The molecule has 2 aromatic rings. The van der Waals surface area contributed by atoms with Crippen LogP contribution in [0.25, 0.3) is 0 Å². The van der Waals surface area contributed by atoms with Crippen LogP contribution in [0.2, 0.25) is 0 Å². The molecular formula is C19H16F5N3O4. The quantitative estimate of drug-likeness (QED) is 0.617. The van der Waals surface area contributed by atoms with Crippen molar-refractivity contribution in [1.82, 2.24) is 10.6 Å². The summed E-state index contributed by atoms with van der Waals surface area (Å²) in [5.41, 5.74) is -0.290. The maximum absolute atomic E-state index is 14.4. The van der Waals surface area contributed by atoms with E-state index in [-0.39, 0.29) is 18.0 Å². The molecule has 0 bridgehead atoms. The maximum atomic E-state index is 14.4. The first kappa shape index (κ1) is 22.1. The second-order valence-corrected chi connectivity index (χ2v) is 6.50. The number of halogens is 5. The molecule has 31 heavy (non-hydrogen) atoms. The molecule has 1 fully saturated rings. The van der Waals surface area contributed by atoms with Gasteiger partial charge in [0.15, 0.2) is 0 Å². The number of benzene rings is 2. The van der Waals surface area contributed by atoms with Gasteiger partial charge in [0.1, 0.15) is 29.2 Å². The van der Waals surface area contributed by atoms with Crippen LogP contribution >= 0.6 is 0 Å². The highest BCUT2D eigenvalue weighted by atomic mass is 19.4. The summed E-state index contributed by atoms with van der Waals surface area (Å²) in [6, 6.07) is 4.00. The Bertz CT molecular complexity index is 958. The zero-order valence-corrected chi connectivity index (χ0v) is 15.8. The van der Waals surface area contributed by atoms with Crippen LogP contribution in [0.3, 0.4) is 0 Å². The molecule has 2 atom stereocenters. The number of methoxy groups -OCH3 is 1. The largest absolute Gasteiger partial charge is 0.573 e. The Morgan fingerprint density at radius 2 is 1.71 bits per heavy atom. The predicted octanol–water partition coefficient (Wildman–Crippen LogP) is 3.28. The summed E-state index contributed by atoms with van der Waals surface area (Å²) in [7, 11) is 1.24. The van der Waals surface area contributed by atoms with E-state index in [1.807, 2.05) is 0 Å². The van der Waals surface area contributed by atoms with Gasteiger partial charge in [-0.1, -0.05) is 0 Å². The third-order valence-corrected chi connectivity index (χ3v) is 4.47. The zero-order valence-electron chi connectivity index (χ0n) is 15.8. The van der Waals surface area contributed by atoms with Gasteiger partial charge in [-0.05, 0) is 24.3 Å². The summed E-state index contributed by atoms with van der Waals surface area (Å²) in [5.74, 6) is -4.09. The first-order valence-corrected chi connectivity index (χ1v) is 8.81. The third kappa shape index (κ3) is 5.32. The maximum Gasteiger partial charge on any atom is 0.573 e. The number of amides is 3. The minimum absolute atomic E-state index is 0.0452. The number of rotatable bonds is 5. The van der Waals surface area contributed by atoms with E-state index in [1.165, 1.54) is 7.11 Å². The van der Waals surface area contributed by atoms with Crippen molar-refractivity contribution < 1.29 is 41.0 Å². The fourth-order valence-corrected chi connectivity index (χ4v) is 3.14. The first-order chi connectivity index (χ1) is 14.6. The van der Waals surface area contributed by atoms with E-state index < -0.39 is 53.2 Å². The number of hydrogen-bond donors (Lipinski definition) is 3. The lowest BCUT2D eigenvalue weighted by Gasteiger charge is -2.20. The highest BCUT2D eigenvalue weighted by Gasteiger charge is 2.40. The molecule has 3 N–H and O–H groups in total. The van der Waals surface area contributed by atoms with Crippen LogP contribution in [0.5, 0.6) is 11.5 Å². The van der Waals surface area contributed by atoms with Gasteiger partial charge in [0.25, 0.3) is 0 Å². The predicted molar refractivity (Wildman–Crippen MR) is 97.7 cm³/mol. The number of carbonyl (C=O) groups excluding carboxylic acids is 2. The monoisotopic (exact) mass is 445 g/mol. The molecular weight excluding hydrogens is 429 g/mol. The van der Waals surface area contributed by atoms with Crippen molar-refractivity contribution in [2.45, 2.75) is 18.3 Å². The summed E-state index contributed by atoms with van der Waals surface area (Å²) >= 11 is 0. The van der Waals surface area contributed by atoms with Crippen LogP contribution in [0.15, 0.2) is 36.4 Å².